The van der Waals surface area contributed by atoms with Crippen LogP contribution < -0.4 is 10.6 Å². The average Bonchev–Trinajstić information content (AvgIpc) is 2.32. The molecule has 0 aliphatic heterocycles. The van der Waals surface area contributed by atoms with Gasteiger partial charge >= 0.3 is 6.09 Å². The molecule has 0 aromatic heterocycles. The van der Waals surface area contributed by atoms with E-state index in [4.69, 9.17) is 5.73 Å². The molecule has 0 unspecified atom stereocenters. The molecule has 3 N–H and O–H groups in total. The molecule has 2 rings (SSSR count). The molecular weight excluding hydrogens is 320 g/mol. The fourth-order valence-corrected chi connectivity index (χ4v) is 2.71. The summed E-state index contributed by atoms with van der Waals surface area (Å²) >= 11 is 3.46. The number of benzene rings is 2. The Labute approximate surface area is 126 Å². The van der Waals surface area contributed by atoms with Gasteiger partial charge in [0.2, 0.25) is 0 Å². The van der Waals surface area contributed by atoms with E-state index < -0.39 is 11.6 Å². The van der Waals surface area contributed by atoms with Crippen molar-refractivity contribution in [2.24, 2.45) is 0 Å². The Morgan fingerprint density at radius 3 is 2.45 bits per heavy atom. The van der Waals surface area contributed by atoms with Crippen molar-refractivity contribution in [3.8, 4) is 0 Å². The molecule has 2 aromatic carbocycles. The minimum absolute atomic E-state index is 0.509. The van der Waals surface area contributed by atoms with Gasteiger partial charge in [-0.2, -0.15) is 0 Å². The third-order valence-electron chi connectivity index (χ3n) is 3.09. The molecule has 0 saturated heterocycles. The number of fused-ring (bicyclic) bond motifs is 1. The lowest BCUT2D eigenvalue weighted by Gasteiger charge is -2.33. The van der Waals surface area contributed by atoms with Crippen LogP contribution in [0.15, 0.2) is 34.8 Å². The molecule has 0 fully saturated rings. The van der Waals surface area contributed by atoms with Gasteiger partial charge in [-0.05, 0) is 65.7 Å². The molecule has 1 amide bonds. The van der Waals surface area contributed by atoms with E-state index in [2.05, 4.69) is 15.9 Å². The number of halogens is 1. The zero-order valence-electron chi connectivity index (χ0n) is 11.6. The van der Waals surface area contributed by atoms with E-state index in [9.17, 15) is 9.90 Å². The Hall–Kier alpha value is -1.75. The maximum atomic E-state index is 11.5. The number of anilines is 2. The highest BCUT2D eigenvalue weighted by molar-refractivity contribution is 9.10. The topological polar surface area (TPSA) is 66.6 Å². The Morgan fingerprint density at radius 1 is 1.25 bits per heavy atom. The largest absolute Gasteiger partial charge is 0.465 e. The second kappa shape index (κ2) is 4.98. The third kappa shape index (κ3) is 2.58. The SMILES string of the molecule is CC(C)(C)N(C(=O)O)c1ccc2c(Br)c(N)ccc2c1. The summed E-state index contributed by atoms with van der Waals surface area (Å²) in [6, 6.07) is 9.23. The van der Waals surface area contributed by atoms with Crippen molar-refractivity contribution in [2.45, 2.75) is 26.3 Å². The summed E-state index contributed by atoms with van der Waals surface area (Å²) in [5, 5.41) is 11.3. The first-order valence-electron chi connectivity index (χ1n) is 6.22. The first-order valence-corrected chi connectivity index (χ1v) is 7.02. The van der Waals surface area contributed by atoms with Gasteiger partial charge in [-0.15, -0.1) is 0 Å². The highest BCUT2D eigenvalue weighted by atomic mass is 79.9. The van der Waals surface area contributed by atoms with Crippen LogP contribution in [0.2, 0.25) is 0 Å². The van der Waals surface area contributed by atoms with Gasteiger partial charge in [0.15, 0.2) is 0 Å². The van der Waals surface area contributed by atoms with Crippen LogP contribution in [-0.4, -0.2) is 16.7 Å². The Morgan fingerprint density at radius 2 is 1.90 bits per heavy atom. The van der Waals surface area contributed by atoms with Crippen LogP contribution >= 0.6 is 15.9 Å². The first kappa shape index (κ1) is 14.7. The molecule has 0 heterocycles. The molecule has 20 heavy (non-hydrogen) atoms. The summed E-state index contributed by atoms with van der Waals surface area (Å²) in [4.78, 5) is 12.9. The van der Waals surface area contributed by atoms with Crippen molar-refractivity contribution in [3.05, 3.63) is 34.8 Å². The molecule has 0 saturated carbocycles. The molecule has 0 aliphatic carbocycles. The molecule has 4 nitrogen and oxygen atoms in total. The minimum Gasteiger partial charge on any atom is -0.465 e. The second-order valence-electron chi connectivity index (χ2n) is 5.66. The van der Waals surface area contributed by atoms with Crippen LogP contribution in [0.1, 0.15) is 20.8 Å². The lowest BCUT2D eigenvalue weighted by molar-refractivity contribution is 0.195. The molecule has 0 aliphatic rings. The number of nitrogens with zero attached hydrogens (tertiary/aromatic N) is 1. The number of carbonyl (C=O) groups is 1. The zero-order chi connectivity index (χ0) is 15.1. The molecule has 0 bridgehead atoms. The Balaban J connectivity index is 2.62. The van der Waals surface area contributed by atoms with Gasteiger partial charge in [-0.3, -0.25) is 4.90 Å². The van der Waals surface area contributed by atoms with E-state index in [1.165, 1.54) is 4.90 Å². The monoisotopic (exact) mass is 336 g/mol. The summed E-state index contributed by atoms with van der Waals surface area (Å²) in [5.41, 5.74) is 6.65. The lowest BCUT2D eigenvalue weighted by atomic mass is 10.0. The van der Waals surface area contributed by atoms with Crippen molar-refractivity contribution < 1.29 is 9.90 Å². The van der Waals surface area contributed by atoms with Crippen LogP contribution in [0, 0.1) is 0 Å². The van der Waals surface area contributed by atoms with Crippen molar-refractivity contribution in [2.75, 3.05) is 10.6 Å². The molecule has 0 spiro atoms. The highest BCUT2D eigenvalue weighted by Crippen LogP contribution is 2.33. The smallest absolute Gasteiger partial charge is 0.412 e. The predicted molar refractivity (Wildman–Crippen MR) is 86.3 cm³/mol. The summed E-state index contributed by atoms with van der Waals surface area (Å²) in [6.45, 7) is 5.60. The van der Waals surface area contributed by atoms with E-state index in [-0.39, 0.29) is 0 Å². The van der Waals surface area contributed by atoms with Gasteiger partial charge in [-0.25, -0.2) is 4.79 Å². The number of nitrogens with two attached hydrogens (primary N) is 1. The molecular formula is C15H17BrN2O2. The van der Waals surface area contributed by atoms with Gasteiger partial charge in [0.05, 0.1) is 0 Å². The van der Waals surface area contributed by atoms with E-state index in [1.54, 1.807) is 12.1 Å². The molecule has 5 heteroatoms. The summed E-state index contributed by atoms with van der Waals surface area (Å²) in [7, 11) is 0. The summed E-state index contributed by atoms with van der Waals surface area (Å²) in [5.74, 6) is 0. The maximum absolute atomic E-state index is 11.5. The van der Waals surface area contributed by atoms with Crippen molar-refractivity contribution in [1.82, 2.24) is 0 Å². The van der Waals surface area contributed by atoms with Crippen molar-refractivity contribution in [3.63, 3.8) is 0 Å². The number of amides is 1. The van der Waals surface area contributed by atoms with E-state index in [0.717, 1.165) is 15.2 Å². The quantitative estimate of drug-likeness (QED) is 0.755. The van der Waals surface area contributed by atoms with Crippen LogP contribution in [-0.2, 0) is 0 Å². The Kier molecular flexibility index (Phi) is 3.65. The van der Waals surface area contributed by atoms with Crippen LogP contribution in [0.3, 0.4) is 0 Å². The first-order chi connectivity index (χ1) is 9.21. The van der Waals surface area contributed by atoms with Gasteiger partial charge in [0.1, 0.15) is 0 Å². The van der Waals surface area contributed by atoms with Gasteiger partial charge in [0.25, 0.3) is 0 Å². The minimum atomic E-state index is -0.966. The standard InChI is InChI=1S/C15H17BrN2O2/c1-15(2,3)18(14(19)20)10-5-6-11-9(8-10)4-7-12(17)13(11)16/h4-8H,17H2,1-3H3,(H,19,20). The van der Waals surface area contributed by atoms with Gasteiger partial charge in [-0.1, -0.05) is 12.1 Å². The predicted octanol–water partition coefficient (Wildman–Crippen LogP) is 4.47. The average molecular weight is 337 g/mol. The zero-order valence-corrected chi connectivity index (χ0v) is 13.2. The van der Waals surface area contributed by atoms with E-state index in [1.807, 2.05) is 39.0 Å². The summed E-state index contributed by atoms with van der Waals surface area (Å²) in [6.07, 6.45) is -0.966. The summed E-state index contributed by atoms with van der Waals surface area (Å²) < 4.78 is 0.833. The number of rotatable bonds is 1. The second-order valence-corrected chi connectivity index (χ2v) is 6.46. The third-order valence-corrected chi connectivity index (χ3v) is 3.97. The van der Waals surface area contributed by atoms with E-state index in [0.29, 0.717) is 11.4 Å². The van der Waals surface area contributed by atoms with Crippen molar-refractivity contribution >= 4 is 44.2 Å². The molecule has 0 radical (unpaired) electrons. The molecule has 2 aromatic rings. The maximum Gasteiger partial charge on any atom is 0.412 e. The normalized spacial score (nSPS) is 11.6. The number of hydrogen-bond donors (Lipinski definition) is 2. The van der Waals surface area contributed by atoms with Crippen molar-refractivity contribution in [1.29, 1.82) is 0 Å². The number of hydrogen-bond acceptors (Lipinski definition) is 2. The highest BCUT2D eigenvalue weighted by Gasteiger charge is 2.27. The van der Waals surface area contributed by atoms with E-state index >= 15 is 0 Å². The molecule has 0 atom stereocenters. The van der Waals surface area contributed by atoms with Crippen LogP contribution in [0.25, 0.3) is 10.8 Å². The number of carboxylic acid groups (broad SMARTS) is 1. The van der Waals surface area contributed by atoms with Gasteiger partial charge < -0.3 is 10.8 Å². The van der Waals surface area contributed by atoms with Gasteiger partial charge in [0, 0.05) is 21.4 Å². The fourth-order valence-electron chi connectivity index (χ4n) is 2.22. The van der Waals surface area contributed by atoms with Crippen LogP contribution in [0.4, 0.5) is 16.2 Å². The number of nitrogen functional groups attached to an aromatic ring is 1. The fraction of sp³-hybridized carbons (Fsp3) is 0.267. The van der Waals surface area contributed by atoms with Crippen LogP contribution in [0.5, 0.6) is 0 Å². The Bertz CT molecular complexity index is 677. The lowest BCUT2D eigenvalue weighted by Crippen LogP contribution is -2.45. The molecule has 106 valence electrons.